The van der Waals surface area contributed by atoms with Crippen molar-refractivity contribution in [2.75, 3.05) is 0 Å². The Balaban J connectivity index is 1.99. The summed E-state index contributed by atoms with van der Waals surface area (Å²) in [6, 6.07) is 0. The Hall–Kier alpha value is -0.930. The number of hydrogen-bond donors (Lipinski definition) is 2. The normalized spacial score (nSPS) is 34.4. The van der Waals surface area contributed by atoms with E-state index in [4.69, 9.17) is 0 Å². The first-order valence-electron chi connectivity index (χ1n) is 8.02. The second-order valence-electron chi connectivity index (χ2n) is 7.40. The molecule has 5 atom stereocenters. The Morgan fingerprint density at radius 2 is 2.14 bits per heavy atom. The molecule has 5 unspecified atom stereocenters. The van der Waals surface area contributed by atoms with Gasteiger partial charge in [0.2, 0.25) is 0 Å². The highest BCUT2D eigenvalue weighted by atomic mass is 16.3. The van der Waals surface area contributed by atoms with E-state index in [9.17, 15) is 15.0 Å². The minimum atomic E-state index is -0.541. The average molecular weight is 292 g/mol. The van der Waals surface area contributed by atoms with Gasteiger partial charge in [0.05, 0.1) is 12.2 Å². The third-order valence-corrected chi connectivity index (χ3v) is 5.35. The lowest BCUT2D eigenvalue weighted by molar-refractivity contribution is -0.118. The highest BCUT2D eigenvalue weighted by molar-refractivity contribution is 5.81. The van der Waals surface area contributed by atoms with E-state index in [0.29, 0.717) is 24.5 Å². The van der Waals surface area contributed by atoms with E-state index in [2.05, 4.69) is 6.58 Å². The van der Waals surface area contributed by atoms with Crippen LogP contribution in [0.1, 0.15) is 46.0 Å². The van der Waals surface area contributed by atoms with Crippen molar-refractivity contribution in [2.45, 2.75) is 58.2 Å². The molecule has 2 saturated carbocycles. The van der Waals surface area contributed by atoms with Crippen LogP contribution < -0.4 is 0 Å². The molecule has 2 N–H and O–H groups in total. The lowest BCUT2D eigenvalue weighted by atomic mass is 9.81. The van der Waals surface area contributed by atoms with Crippen molar-refractivity contribution in [2.24, 2.45) is 23.2 Å². The van der Waals surface area contributed by atoms with Gasteiger partial charge in [0, 0.05) is 18.8 Å². The topological polar surface area (TPSA) is 57.5 Å². The van der Waals surface area contributed by atoms with E-state index in [0.717, 1.165) is 19.3 Å². The standard InChI is InChI=1S/C18H28O3/c1-4-5-8-18(2,3)17(21)7-6-14-15-11-13(19)9-12(15)10-16(14)20/h4,6-7,12,14-17,20-21H,1,5,8-11H2,2-3H3. The smallest absolute Gasteiger partial charge is 0.133 e. The van der Waals surface area contributed by atoms with Gasteiger partial charge < -0.3 is 10.2 Å². The molecule has 0 aromatic carbocycles. The first-order valence-corrected chi connectivity index (χ1v) is 8.02. The molecule has 3 nitrogen and oxygen atoms in total. The zero-order valence-corrected chi connectivity index (χ0v) is 13.2. The van der Waals surface area contributed by atoms with Gasteiger partial charge in [0.1, 0.15) is 5.78 Å². The Bertz CT molecular complexity index is 424. The van der Waals surface area contributed by atoms with E-state index >= 15 is 0 Å². The fourth-order valence-electron chi connectivity index (χ4n) is 3.80. The summed E-state index contributed by atoms with van der Waals surface area (Å²) in [6.45, 7) is 7.80. The molecule has 0 saturated heterocycles. The summed E-state index contributed by atoms with van der Waals surface area (Å²) < 4.78 is 0. The molecule has 0 aliphatic heterocycles. The Morgan fingerprint density at radius 1 is 1.43 bits per heavy atom. The molecule has 118 valence electrons. The van der Waals surface area contributed by atoms with Gasteiger partial charge in [-0.2, -0.15) is 0 Å². The number of aliphatic hydroxyl groups excluding tert-OH is 2. The van der Waals surface area contributed by atoms with Crippen molar-refractivity contribution in [1.82, 2.24) is 0 Å². The maximum Gasteiger partial charge on any atom is 0.133 e. The molecule has 2 aliphatic rings. The molecule has 0 radical (unpaired) electrons. The van der Waals surface area contributed by atoms with Crippen molar-refractivity contribution >= 4 is 5.78 Å². The summed E-state index contributed by atoms with van der Waals surface area (Å²) in [5, 5.41) is 20.6. The highest BCUT2D eigenvalue weighted by Crippen LogP contribution is 2.47. The highest BCUT2D eigenvalue weighted by Gasteiger charge is 2.46. The fourth-order valence-corrected chi connectivity index (χ4v) is 3.80. The quantitative estimate of drug-likeness (QED) is 0.740. The lowest BCUT2D eigenvalue weighted by Crippen LogP contribution is -2.28. The average Bonchev–Trinajstić information content (AvgIpc) is 2.89. The van der Waals surface area contributed by atoms with Crippen molar-refractivity contribution in [3.63, 3.8) is 0 Å². The van der Waals surface area contributed by atoms with Crippen molar-refractivity contribution in [3.05, 3.63) is 24.8 Å². The molecule has 2 aliphatic carbocycles. The fraction of sp³-hybridized carbons (Fsp3) is 0.722. The van der Waals surface area contributed by atoms with Crippen LogP contribution in [0, 0.1) is 23.2 Å². The number of fused-ring (bicyclic) bond motifs is 1. The van der Waals surface area contributed by atoms with Gasteiger partial charge in [-0.1, -0.05) is 32.1 Å². The molecular formula is C18H28O3. The Labute approximate surface area is 127 Å². The monoisotopic (exact) mass is 292 g/mol. The summed E-state index contributed by atoms with van der Waals surface area (Å²) in [4.78, 5) is 11.6. The maximum absolute atomic E-state index is 11.6. The van der Waals surface area contributed by atoms with Crippen molar-refractivity contribution in [3.8, 4) is 0 Å². The molecule has 0 aromatic rings. The summed E-state index contributed by atoms with van der Waals surface area (Å²) in [6.07, 6.45) is 8.43. The van der Waals surface area contributed by atoms with Gasteiger partial charge in [-0.25, -0.2) is 0 Å². The molecule has 3 heteroatoms. The van der Waals surface area contributed by atoms with Gasteiger partial charge in [-0.15, -0.1) is 6.58 Å². The van der Waals surface area contributed by atoms with E-state index in [-0.39, 0.29) is 23.4 Å². The van der Waals surface area contributed by atoms with Crippen LogP contribution in [0.2, 0.25) is 0 Å². The number of Topliss-reactive ketones (excluding diaryl/α,β-unsaturated/α-hetero) is 1. The van der Waals surface area contributed by atoms with Crippen LogP contribution in [-0.2, 0) is 4.79 Å². The lowest BCUT2D eigenvalue weighted by Gasteiger charge is -2.28. The SMILES string of the molecule is C=CCCC(C)(C)C(O)C=CC1C(O)CC2CC(=O)CC21. The molecular weight excluding hydrogens is 264 g/mol. The third-order valence-electron chi connectivity index (χ3n) is 5.35. The van der Waals surface area contributed by atoms with E-state index in [1.54, 1.807) is 0 Å². The van der Waals surface area contributed by atoms with Gasteiger partial charge in [-0.3, -0.25) is 4.79 Å². The van der Waals surface area contributed by atoms with Crippen LogP contribution in [0.25, 0.3) is 0 Å². The van der Waals surface area contributed by atoms with Crippen LogP contribution in [0.3, 0.4) is 0 Å². The predicted octanol–water partition coefficient (Wildman–Crippen LogP) is 2.87. The van der Waals surface area contributed by atoms with Crippen molar-refractivity contribution < 1.29 is 15.0 Å². The maximum atomic E-state index is 11.6. The Morgan fingerprint density at radius 3 is 2.81 bits per heavy atom. The van der Waals surface area contributed by atoms with Crippen LogP contribution >= 0.6 is 0 Å². The molecule has 0 amide bonds. The molecule has 2 rings (SSSR count). The minimum absolute atomic E-state index is 0.0197. The van der Waals surface area contributed by atoms with Gasteiger partial charge in [-0.05, 0) is 36.5 Å². The van der Waals surface area contributed by atoms with E-state index in [1.165, 1.54) is 0 Å². The second-order valence-corrected chi connectivity index (χ2v) is 7.40. The largest absolute Gasteiger partial charge is 0.392 e. The molecule has 2 fully saturated rings. The number of allylic oxidation sites excluding steroid dienone is 1. The van der Waals surface area contributed by atoms with Crippen molar-refractivity contribution in [1.29, 1.82) is 0 Å². The number of carbonyl (C=O) groups excluding carboxylic acids is 1. The number of aliphatic hydroxyl groups is 2. The summed E-state index contributed by atoms with van der Waals surface area (Å²) in [7, 11) is 0. The van der Waals surface area contributed by atoms with Crippen LogP contribution in [-0.4, -0.2) is 28.2 Å². The minimum Gasteiger partial charge on any atom is -0.392 e. The third kappa shape index (κ3) is 3.64. The number of hydrogen-bond acceptors (Lipinski definition) is 3. The number of rotatable bonds is 6. The zero-order chi connectivity index (χ0) is 15.6. The first kappa shape index (κ1) is 16.4. The predicted molar refractivity (Wildman–Crippen MR) is 83.7 cm³/mol. The van der Waals surface area contributed by atoms with E-state index in [1.807, 2.05) is 32.1 Å². The van der Waals surface area contributed by atoms with Crippen LogP contribution in [0.4, 0.5) is 0 Å². The molecule has 0 heterocycles. The van der Waals surface area contributed by atoms with Gasteiger partial charge in [0.25, 0.3) is 0 Å². The van der Waals surface area contributed by atoms with E-state index < -0.39 is 6.10 Å². The molecule has 0 spiro atoms. The first-order chi connectivity index (χ1) is 9.85. The van der Waals surface area contributed by atoms with Gasteiger partial charge >= 0.3 is 0 Å². The van der Waals surface area contributed by atoms with Crippen LogP contribution in [0.15, 0.2) is 24.8 Å². The number of ketones is 1. The number of carbonyl (C=O) groups is 1. The zero-order valence-electron chi connectivity index (χ0n) is 13.2. The molecule has 0 bridgehead atoms. The second kappa shape index (κ2) is 6.45. The Kier molecular flexibility index (Phi) is 5.05. The van der Waals surface area contributed by atoms with Crippen LogP contribution in [0.5, 0.6) is 0 Å². The molecule has 21 heavy (non-hydrogen) atoms. The summed E-state index contributed by atoms with van der Waals surface area (Å²) in [5.41, 5.74) is -0.209. The summed E-state index contributed by atoms with van der Waals surface area (Å²) >= 11 is 0. The molecule has 0 aromatic heterocycles. The summed E-state index contributed by atoms with van der Waals surface area (Å²) in [5.74, 6) is 0.953. The van der Waals surface area contributed by atoms with Gasteiger partial charge in [0.15, 0.2) is 0 Å².